The number of aliphatic carboxylic acids is 1. The van der Waals surface area contributed by atoms with Crippen molar-refractivity contribution >= 4 is 39.2 Å². The number of carboxylic acid groups (broad SMARTS) is 1. The summed E-state index contributed by atoms with van der Waals surface area (Å²) in [6.07, 6.45) is 0. The maximum atomic E-state index is 12.7. The Hall–Kier alpha value is -2.41. The number of benzene rings is 1. The van der Waals surface area contributed by atoms with E-state index in [1.54, 1.807) is 6.07 Å². The van der Waals surface area contributed by atoms with Gasteiger partial charge in [-0.3, -0.25) is 9.59 Å². The fraction of sp³-hybridized carbons (Fsp3) is 0.312. The number of fused-ring (bicyclic) bond motifs is 1. The predicted octanol–water partition coefficient (Wildman–Crippen LogP) is 1.95. The number of thiophene rings is 1. The summed E-state index contributed by atoms with van der Waals surface area (Å²) < 4.78 is 0.973. The topological polar surface area (TPSA) is 86.7 Å². The van der Waals surface area contributed by atoms with Crippen LogP contribution in [-0.2, 0) is 9.59 Å². The van der Waals surface area contributed by atoms with Crippen LogP contribution in [-0.4, -0.2) is 46.9 Å². The van der Waals surface area contributed by atoms with Crippen LogP contribution in [0.1, 0.15) is 23.5 Å². The van der Waals surface area contributed by atoms with Crippen molar-refractivity contribution in [2.45, 2.75) is 19.9 Å². The Morgan fingerprint density at radius 3 is 2.61 bits per heavy atom. The maximum Gasteiger partial charge on any atom is 0.326 e. The molecule has 2 amide bonds. The number of carbonyl (C=O) groups excluding carboxylic acids is 2. The van der Waals surface area contributed by atoms with E-state index in [0.29, 0.717) is 4.88 Å². The molecule has 0 aliphatic heterocycles. The molecule has 1 unspecified atom stereocenters. The minimum absolute atomic E-state index is 0.139. The van der Waals surface area contributed by atoms with Crippen LogP contribution < -0.4 is 5.32 Å². The largest absolute Gasteiger partial charge is 0.480 e. The second kappa shape index (κ2) is 7.23. The van der Waals surface area contributed by atoms with Gasteiger partial charge in [0.15, 0.2) is 0 Å². The molecule has 122 valence electrons. The highest BCUT2D eigenvalue weighted by molar-refractivity contribution is 7.20. The van der Waals surface area contributed by atoms with Gasteiger partial charge in [-0.25, -0.2) is 4.79 Å². The zero-order valence-electron chi connectivity index (χ0n) is 12.9. The SMILES string of the molecule is CC(=O)NCCN(C(=O)c1cc2ccccc2s1)C(C)C(=O)O. The monoisotopic (exact) mass is 334 g/mol. The van der Waals surface area contributed by atoms with Gasteiger partial charge in [-0.15, -0.1) is 11.3 Å². The van der Waals surface area contributed by atoms with Crippen molar-refractivity contribution < 1.29 is 19.5 Å². The molecule has 2 rings (SSSR count). The van der Waals surface area contributed by atoms with Crippen LogP contribution >= 0.6 is 11.3 Å². The van der Waals surface area contributed by atoms with Crippen molar-refractivity contribution in [1.29, 1.82) is 0 Å². The highest BCUT2D eigenvalue weighted by atomic mass is 32.1. The van der Waals surface area contributed by atoms with Crippen LogP contribution in [0.25, 0.3) is 10.1 Å². The maximum absolute atomic E-state index is 12.7. The molecule has 0 saturated heterocycles. The van der Waals surface area contributed by atoms with Gasteiger partial charge in [0.25, 0.3) is 5.91 Å². The van der Waals surface area contributed by atoms with E-state index in [-0.39, 0.29) is 24.9 Å². The molecule has 0 bridgehead atoms. The lowest BCUT2D eigenvalue weighted by Crippen LogP contribution is -2.46. The van der Waals surface area contributed by atoms with Crippen LogP contribution in [0.5, 0.6) is 0 Å². The number of nitrogens with zero attached hydrogens (tertiary/aromatic N) is 1. The number of carbonyl (C=O) groups is 3. The van der Waals surface area contributed by atoms with E-state index in [9.17, 15) is 19.5 Å². The number of nitrogens with one attached hydrogen (secondary N) is 1. The van der Waals surface area contributed by atoms with Gasteiger partial charge in [-0.05, 0) is 24.4 Å². The van der Waals surface area contributed by atoms with Crippen molar-refractivity contribution in [1.82, 2.24) is 10.2 Å². The Balaban J connectivity index is 2.23. The Labute approximate surface area is 137 Å². The van der Waals surface area contributed by atoms with Crippen LogP contribution in [0, 0.1) is 0 Å². The van der Waals surface area contributed by atoms with Crippen LogP contribution in [0.3, 0.4) is 0 Å². The van der Waals surface area contributed by atoms with Gasteiger partial charge < -0.3 is 15.3 Å². The average molecular weight is 334 g/mol. The second-order valence-electron chi connectivity index (χ2n) is 5.14. The lowest BCUT2D eigenvalue weighted by molar-refractivity contribution is -0.141. The first-order valence-electron chi connectivity index (χ1n) is 7.17. The zero-order chi connectivity index (χ0) is 17.0. The smallest absolute Gasteiger partial charge is 0.326 e. The van der Waals surface area contributed by atoms with E-state index in [4.69, 9.17) is 0 Å². The third-order valence-electron chi connectivity index (χ3n) is 3.45. The Morgan fingerprint density at radius 1 is 1.30 bits per heavy atom. The van der Waals surface area contributed by atoms with E-state index in [1.165, 1.54) is 30.1 Å². The molecule has 23 heavy (non-hydrogen) atoms. The van der Waals surface area contributed by atoms with Crippen molar-refractivity contribution in [3.63, 3.8) is 0 Å². The van der Waals surface area contributed by atoms with E-state index in [1.807, 2.05) is 24.3 Å². The average Bonchev–Trinajstić information content (AvgIpc) is 2.94. The fourth-order valence-electron chi connectivity index (χ4n) is 2.19. The third-order valence-corrected chi connectivity index (χ3v) is 4.55. The van der Waals surface area contributed by atoms with Crippen molar-refractivity contribution in [3.05, 3.63) is 35.2 Å². The molecule has 0 radical (unpaired) electrons. The highest BCUT2D eigenvalue weighted by Crippen LogP contribution is 2.26. The van der Waals surface area contributed by atoms with Gasteiger partial charge in [0.1, 0.15) is 6.04 Å². The summed E-state index contributed by atoms with van der Waals surface area (Å²) in [4.78, 5) is 36.7. The predicted molar refractivity (Wildman–Crippen MR) is 88.6 cm³/mol. The first-order chi connectivity index (χ1) is 10.9. The normalized spacial score (nSPS) is 11.9. The molecular weight excluding hydrogens is 316 g/mol. The summed E-state index contributed by atoms with van der Waals surface area (Å²) >= 11 is 1.33. The number of hydrogen-bond acceptors (Lipinski definition) is 4. The molecule has 2 N–H and O–H groups in total. The van der Waals surface area contributed by atoms with Gasteiger partial charge in [0.05, 0.1) is 4.88 Å². The molecule has 1 aromatic heterocycles. The Bertz CT molecular complexity index is 708. The quantitative estimate of drug-likeness (QED) is 0.845. The third kappa shape index (κ3) is 4.07. The molecule has 1 atom stereocenters. The summed E-state index contributed by atoms with van der Waals surface area (Å²) in [5, 5.41) is 12.7. The fourth-order valence-corrected chi connectivity index (χ4v) is 3.20. The summed E-state index contributed by atoms with van der Waals surface area (Å²) in [5.74, 6) is -1.64. The molecule has 1 heterocycles. The Kier molecular flexibility index (Phi) is 5.33. The summed E-state index contributed by atoms with van der Waals surface area (Å²) in [7, 11) is 0. The van der Waals surface area contributed by atoms with Gasteiger partial charge in [-0.1, -0.05) is 18.2 Å². The first-order valence-corrected chi connectivity index (χ1v) is 7.98. The summed E-state index contributed by atoms with van der Waals surface area (Å²) in [5.41, 5.74) is 0. The highest BCUT2D eigenvalue weighted by Gasteiger charge is 2.27. The Morgan fingerprint density at radius 2 is 2.00 bits per heavy atom. The lowest BCUT2D eigenvalue weighted by Gasteiger charge is -2.26. The number of hydrogen-bond donors (Lipinski definition) is 2. The minimum Gasteiger partial charge on any atom is -0.480 e. The molecule has 0 spiro atoms. The molecule has 0 saturated carbocycles. The van der Waals surface area contributed by atoms with Crippen molar-refractivity contribution in [2.24, 2.45) is 0 Å². The first kappa shape index (κ1) is 17.0. The van der Waals surface area contributed by atoms with Crippen LogP contribution in [0.4, 0.5) is 0 Å². The van der Waals surface area contributed by atoms with Gasteiger partial charge in [-0.2, -0.15) is 0 Å². The minimum atomic E-state index is -1.08. The molecule has 6 nitrogen and oxygen atoms in total. The molecule has 2 aromatic rings. The van der Waals surface area contributed by atoms with E-state index >= 15 is 0 Å². The molecule has 0 aliphatic rings. The molecular formula is C16H18N2O4S. The number of rotatable bonds is 6. The zero-order valence-corrected chi connectivity index (χ0v) is 13.7. The van der Waals surface area contributed by atoms with Gasteiger partial charge in [0.2, 0.25) is 5.91 Å². The standard InChI is InChI=1S/C16H18N2O4S/c1-10(16(21)22)18(8-7-17-11(2)19)15(20)14-9-12-5-3-4-6-13(12)23-14/h3-6,9-10H,7-8H2,1-2H3,(H,17,19)(H,21,22). The van der Waals surface area contributed by atoms with Gasteiger partial charge in [0, 0.05) is 24.7 Å². The van der Waals surface area contributed by atoms with Crippen LogP contribution in [0.2, 0.25) is 0 Å². The molecule has 0 fully saturated rings. The number of amides is 2. The second-order valence-corrected chi connectivity index (χ2v) is 6.23. The van der Waals surface area contributed by atoms with E-state index in [2.05, 4.69) is 5.32 Å². The van der Waals surface area contributed by atoms with E-state index < -0.39 is 12.0 Å². The molecule has 7 heteroatoms. The van der Waals surface area contributed by atoms with Crippen molar-refractivity contribution in [3.8, 4) is 0 Å². The van der Waals surface area contributed by atoms with Crippen LogP contribution in [0.15, 0.2) is 30.3 Å². The summed E-state index contributed by atoms with van der Waals surface area (Å²) in [6, 6.07) is 8.40. The summed E-state index contributed by atoms with van der Waals surface area (Å²) in [6.45, 7) is 3.18. The molecule has 0 aliphatic carbocycles. The number of carboxylic acids is 1. The molecule has 1 aromatic carbocycles. The lowest BCUT2D eigenvalue weighted by atomic mass is 10.2. The van der Waals surface area contributed by atoms with E-state index in [0.717, 1.165) is 10.1 Å². The van der Waals surface area contributed by atoms with Gasteiger partial charge >= 0.3 is 5.97 Å². The van der Waals surface area contributed by atoms with Crippen molar-refractivity contribution in [2.75, 3.05) is 13.1 Å².